The number of fused-ring (bicyclic) bond motifs is 1. The topological polar surface area (TPSA) is 109 Å². The monoisotopic (exact) mass is 415 g/mol. The van der Waals surface area contributed by atoms with E-state index in [9.17, 15) is 24.2 Å². The van der Waals surface area contributed by atoms with E-state index in [1.165, 1.54) is 9.47 Å². The number of pyridine rings is 1. The summed E-state index contributed by atoms with van der Waals surface area (Å²) < 4.78 is 31.6. The average molecular weight is 416 g/mol. The van der Waals surface area contributed by atoms with Crippen LogP contribution in [-0.4, -0.2) is 46.0 Å². The molecule has 1 aliphatic carbocycles. The Morgan fingerprint density at radius 1 is 1.36 bits per heavy atom. The number of rotatable bonds is 4. The van der Waals surface area contributed by atoms with Crippen molar-refractivity contribution in [1.29, 1.82) is 0 Å². The number of hydrogen-bond acceptors (Lipinski definition) is 5. The van der Waals surface area contributed by atoms with Crippen molar-refractivity contribution in [2.75, 3.05) is 24.5 Å². The van der Waals surface area contributed by atoms with Gasteiger partial charge in [0, 0.05) is 31.9 Å². The van der Waals surface area contributed by atoms with Crippen molar-refractivity contribution in [2.45, 2.75) is 30.9 Å². The summed E-state index contributed by atoms with van der Waals surface area (Å²) in [6, 6.07) is 0.764. The SMILES string of the molecule is Cl.NCC1(O)CCN(c2c(F)cc3c(=O)c(C(=O)O)cn(C4CC4)c3c2F)C1. The first-order chi connectivity index (χ1) is 12.8. The molecule has 152 valence electrons. The minimum absolute atomic E-state index is 0. The van der Waals surface area contributed by atoms with Gasteiger partial charge < -0.3 is 25.4 Å². The Kier molecular flexibility index (Phi) is 5.11. The second kappa shape index (κ2) is 6.98. The predicted octanol–water partition coefficient (Wildman–Crippen LogP) is 1.63. The molecule has 10 heteroatoms. The molecule has 0 spiro atoms. The molecular formula is C18H20ClF2N3O4. The molecule has 1 atom stereocenters. The van der Waals surface area contributed by atoms with Gasteiger partial charge in [0.25, 0.3) is 0 Å². The van der Waals surface area contributed by atoms with Crippen LogP contribution in [0.4, 0.5) is 14.5 Å². The van der Waals surface area contributed by atoms with E-state index in [1.54, 1.807) is 0 Å². The lowest BCUT2D eigenvalue weighted by Crippen LogP contribution is -2.40. The quantitative estimate of drug-likeness (QED) is 0.700. The Labute approximate surface area is 164 Å². The number of carboxylic acids is 1. The first-order valence-corrected chi connectivity index (χ1v) is 8.73. The van der Waals surface area contributed by atoms with Gasteiger partial charge >= 0.3 is 5.97 Å². The van der Waals surface area contributed by atoms with Gasteiger partial charge in [-0.1, -0.05) is 0 Å². The largest absolute Gasteiger partial charge is 0.477 e. The summed E-state index contributed by atoms with van der Waals surface area (Å²) in [7, 11) is 0. The summed E-state index contributed by atoms with van der Waals surface area (Å²) in [6.07, 6.45) is 2.85. The predicted molar refractivity (Wildman–Crippen MR) is 101 cm³/mol. The van der Waals surface area contributed by atoms with Crippen LogP contribution >= 0.6 is 12.4 Å². The summed E-state index contributed by atoms with van der Waals surface area (Å²) in [5.74, 6) is -3.33. The van der Waals surface area contributed by atoms with E-state index >= 15 is 4.39 Å². The van der Waals surface area contributed by atoms with E-state index < -0.39 is 34.2 Å². The molecule has 1 unspecified atom stereocenters. The molecule has 1 aromatic carbocycles. The second-order valence-corrected chi connectivity index (χ2v) is 7.33. The fraction of sp³-hybridized carbons (Fsp3) is 0.444. The van der Waals surface area contributed by atoms with Gasteiger partial charge in [0.05, 0.1) is 16.5 Å². The Bertz CT molecular complexity index is 1020. The zero-order chi connectivity index (χ0) is 19.5. The molecule has 2 aliphatic rings. The zero-order valence-corrected chi connectivity index (χ0v) is 15.6. The number of aromatic nitrogens is 1. The van der Waals surface area contributed by atoms with Gasteiger partial charge in [0.1, 0.15) is 17.1 Å². The Hall–Kier alpha value is -2.23. The van der Waals surface area contributed by atoms with E-state index in [0.29, 0.717) is 0 Å². The highest BCUT2D eigenvalue weighted by Gasteiger charge is 2.38. The molecule has 1 saturated carbocycles. The van der Waals surface area contributed by atoms with Gasteiger partial charge in [-0.05, 0) is 25.3 Å². The first kappa shape index (κ1) is 20.5. The zero-order valence-electron chi connectivity index (χ0n) is 14.8. The van der Waals surface area contributed by atoms with Crippen molar-refractivity contribution < 1.29 is 23.8 Å². The minimum Gasteiger partial charge on any atom is -0.477 e. The van der Waals surface area contributed by atoms with Crippen LogP contribution in [-0.2, 0) is 0 Å². The molecule has 1 aliphatic heterocycles. The molecule has 7 nitrogen and oxygen atoms in total. The van der Waals surface area contributed by atoms with Crippen LogP contribution < -0.4 is 16.1 Å². The lowest BCUT2D eigenvalue weighted by molar-refractivity contribution is 0.0693. The van der Waals surface area contributed by atoms with Crippen LogP contribution in [0.1, 0.15) is 35.7 Å². The summed E-state index contributed by atoms with van der Waals surface area (Å²) in [6.45, 7) is 0.159. The molecule has 4 N–H and O–H groups in total. The Morgan fingerprint density at radius 3 is 2.57 bits per heavy atom. The van der Waals surface area contributed by atoms with Crippen LogP contribution in [0.15, 0.2) is 17.1 Å². The number of hydrogen-bond donors (Lipinski definition) is 3. The summed E-state index contributed by atoms with van der Waals surface area (Å²) in [5, 5.41) is 19.2. The number of nitrogens with two attached hydrogens (primary N) is 1. The van der Waals surface area contributed by atoms with Gasteiger partial charge in [-0.15, -0.1) is 12.4 Å². The van der Waals surface area contributed by atoms with Crippen molar-refractivity contribution in [3.05, 3.63) is 39.7 Å². The van der Waals surface area contributed by atoms with E-state index in [0.717, 1.165) is 25.1 Å². The van der Waals surface area contributed by atoms with Crippen molar-refractivity contribution in [3.63, 3.8) is 0 Å². The van der Waals surface area contributed by atoms with Crippen LogP contribution in [0.3, 0.4) is 0 Å². The molecule has 1 saturated heterocycles. The van der Waals surface area contributed by atoms with Gasteiger partial charge in [-0.3, -0.25) is 4.79 Å². The van der Waals surface area contributed by atoms with Gasteiger partial charge in [0.2, 0.25) is 5.43 Å². The summed E-state index contributed by atoms with van der Waals surface area (Å²) in [5.41, 5.74) is 2.46. The normalized spacial score (nSPS) is 21.8. The first-order valence-electron chi connectivity index (χ1n) is 8.73. The van der Waals surface area contributed by atoms with Crippen LogP contribution in [0, 0.1) is 11.6 Å². The third-order valence-electron chi connectivity index (χ3n) is 5.38. The fourth-order valence-electron chi connectivity index (χ4n) is 3.73. The molecule has 2 aromatic rings. The van der Waals surface area contributed by atoms with E-state index in [-0.39, 0.29) is 61.1 Å². The number of β-amino-alcohol motifs (C(OH)–C–C–N with tert-alkyl or cyclic N) is 1. The highest BCUT2D eigenvalue weighted by Crippen LogP contribution is 2.40. The van der Waals surface area contributed by atoms with E-state index in [2.05, 4.69) is 0 Å². The molecule has 0 bridgehead atoms. The third kappa shape index (κ3) is 3.13. The summed E-state index contributed by atoms with van der Waals surface area (Å²) >= 11 is 0. The summed E-state index contributed by atoms with van der Waals surface area (Å²) in [4.78, 5) is 25.2. The van der Waals surface area contributed by atoms with Crippen molar-refractivity contribution in [2.24, 2.45) is 5.73 Å². The molecule has 28 heavy (non-hydrogen) atoms. The van der Waals surface area contributed by atoms with E-state index in [1.807, 2.05) is 0 Å². The molecule has 0 radical (unpaired) electrons. The molecule has 2 heterocycles. The maximum Gasteiger partial charge on any atom is 0.341 e. The Balaban J connectivity index is 0.00000225. The number of aromatic carboxylic acids is 1. The van der Waals surface area contributed by atoms with Gasteiger partial charge in [-0.25, -0.2) is 13.6 Å². The van der Waals surface area contributed by atoms with Crippen molar-refractivity contribution >= 4 is 35.0 Å². The molecule has 4 rings (SSSR count). The van der Waals surface area contributed by atoms with Crippen molar-refractivity contribution in [3.8, 4) is 0 Å². The molecule has 0 amide bonds. The van der Waals surface area contributed by atoms with E-state index in [4.69, 9.17) is 5.73 Å². The number of nitrogens with zero attached hydrogens (tertiary/aromatic N) is 2. The van der Waals surface area contributed by atoms with Crippen molar-refractivity contribution in [1.82, 2.24) is 4.57 Å². The molecule has 1 aromatic heterocycles. The Morgan fingerprint density at radius 2 is 2.04 bits per heavy atom. The smallest absolute Gasteiger partial charge is 0.341 e. The maximum atomic E-state index is 15.4. The minimum atomic E-state index is -1.44. The number of halogens is 3. The van der Waals surface area contributed by atoms with Gasteiger partial charge in [0.15, 0.2) is 5.82 Å². The number of aliphatic hydroxyl groups is 1. The maximum absolute atomic E-state index is 15.4. The van der Waals surface area contributed by atoms with Crippen LogP contribution in [0.5, 0.6) is 0 Å². The van der Waals surface area contributed by atoms with Gasteiger partial charge in [-0.2, -0.15) is 0 Å². The lowest BCUT2D eigenvalue weighted by atomic mass is 10.0. The molecular weight excluding hydrogens is 396 g/mol. The third-order valence-corrected chi connectivity index (χ3v) is 5.38. The van der Waals surface area contributed by atoms with Crippen LogP contribution in [0.2, 0.25) is 0 Å². The number of carbonyl (C=O) groups is 1. The number of anilines is 1. The average Bonchev–Trinajstić information content (AvgIpc) is 3.38. The fourth-order valence-corrected chi connectivity index (χ4v) is 3.73. The highest BCUT2D eigenvalue weighted by molar-refractivity contribution is 5.94. The number of benzene rings is 1. The standard InChI is InChI=1S/C18H19F2N3O4.ClH/c19-12-5-10-14(13(20)15(12)22-4-3-18(27,7-21)8-22)23(9-1-2-9)6-11(16(10)24)17(25)26;/h5-6,9,27H,1-4,7-8,21H2,(H,25,26);1H. The highest BCUT2D eigenvalue weighted by atomic mass is 35.5. The lowest BCUT2D eigenvalue weighted by Gasteiger charge is -2.24. The number of carboxylic acid groups (broad SMARTS) is 1. The molecule has 2 fully saturated rings. The second-order valence-electron chi connectivity index (χ2n) is 7.33. The van der Waals surface area contributed by atoms with Crippen LogP contribution in [0.25, 0.3) is 10.9 Å².